The van der Waals surface area contributed by atoms with Gasteiger partial charge in [-0.15, -0.1) is 0 Å². The van der Waals surface area contributed by atoms with Gasteiger partial charge in [-0.1, -0.05) is 18.2 Å². The summed E-state index contributed by atoms with van der Waals surface area (Å²) in [6.07, 6.45) is 1.03. The van der Waals surface area contributed by atoms with Crippen molar-refractivity contribution in [2.24, 2.45) is 5.73 Å². The Labute approximate surface area is 108 Å². The summed E-state index contributed by atoms with van der Waals surface area (Å²) >= 11 is 0. The third-order valence-electron chi connectivity index (χ3n) is 3.34. The average molecular weight is 247 g/mol. The Morgan fingerprint density at radius 3 is 2.61 bits per heavy atom. The second kappa shape index (κ2) is 6.52. The minimum atomic E-state index is 0.144. The molecule has 0 aliphatic carbocycles. The number of benzene rings is 1. The number of amides is 1. The van der Waals surface area contributed by atoms with Crippen LogP contribution >= 0.6 is 0 Å². The molecule has 18 heavy (non-hydrogen) atoms. The van der Waals surface area contributed by atoms with Gasteiger partial charge >= 0.3 is 0 Å². The second-order valence-corrected chi connectivity index (χ2v) is 4.64. The van der Waals surface area contributed by atoms with E-state index in [0.717, 1.165) is 44.7 Å². The predicted octanol–water partition coefficient (Wildman–Crippen LogP) is 0.793. The molecular formula is C14H21N3O. The van der Waals surface area contributed by atoms with Crippen LogP contribution in [-0.2, 0) is 0 Å². The molecule has 1 saturated heterocycles. The molecule has 2 N–H and O–H groups in total. The minimum Gasteiger partial charge on any atom is -0.337 e. The van der Waals surface area contributed by atoms with Gasteiger partial charge in [0.1, 0.15) is 0 Å². The predicted molar refractivity (Wildman–Crippen MR) is 72.5 cm³/mol. The Hall–Kier alpha value is -1.39. The van der Waals surface area contributed by atoms with Crippen LogP contribution in [0.25, 0.3) is 0 Å². The number of carbonyl (C=O) groups is 1. The van der Waals surface area contributed by atoms with Crippen LogP contribution in [0.4, 0.5) is 0 Å². The lowest BCUT2D eigenvalue weighted by Gasteiger charge is -2.21. The van der Waals surface area contributed by atoms with Gasteiger partial charge in [0.25, 0.3) is 5.91 Å². The third kappa shape index (κ3) is 3.31. The van der Waals surface area contributed by atoms with Crippen molar-refractivity contribution in [3.05, 3.63) is 35.9 Å². The smallest absolute Gasteiger partial charge is 0.253 e. The van der Waals surface area contributed by atoms with E-state index in [2.05, 4.69) is 4.90 Å². The van der Waals surface area contributed by atoms with Crippen molar-refractivity contribution in [2.45, 2.75) is 6.42 Å². The Bertz CT molecular complexity index is 380. The van der Waals surface area contributed by atoms with E-state index in [4.69, 9.17) is 5.73 Å². The topological polar surface area (TPSA) is 49.6 Å². The number of rotatable bonds is 3. The lowest BCUT2D eigenvalue weighted by Crippen LogP contribution is -2.36. The van der Waals surface area contributed by atoms with E-state index in [-0.39, 0.29) is 5.91 Å². The molecule has 0 unspecified atom stereocenters. The molecule has 1 amide bonds. The number of nitrogens with two attached hydrogens (primary N) is 1. The van der Waals surface area contributed by atoms with Crippen molar-refractivity contribution in [1.29, 1.82) is 0 Å². The molecule has 0 bridgehead atoms. The van der Waals surface area contributed by atoms with Gasteiger partial charge in [-0.3, -0.25) is 4.79 Å². The van der Waals surface area contributed by atoms with Crippen LogP contribution in [-0.4, -0.2) is 55.0 Å². The summed E-state index contributed by atoms with van der Waals surface area (Å²) in [6.45, 7) is 5.22. The van der Waals surface area contributed by atoms with Crippen LogP contribution in [0, 0.1) is 0 Å². The molecule has 0 spiro atoms. The van der Waals surface area contributed by atoms with E-state index >= 15 is 0 Å². The van der Waals surface area contributed by atoms with Gasteiger partial charge in [0, 0.05) is 38.3 Å². The highest BCUT2D eigenvalue weighted by Crippen LogP contribution is 2.08. The van der Waals surface area contributed by atoms with E-state index in [0.29, 0.717) is 6.54 Å². The lowest BCUT2D eigenvalue weighted by atomic mass is 10.2. The summed E-state index contributed by atoms with van der Waals surface area (Å²) in [5.74, 6) is 0.144. The van der Waals surface area contributed by atoms with Crippen molar-refractivity contribution in [3.8, 4) is 0 Å². The summed E-state index contributed by atoms with van der Waals surface area (Å²) in [6, 6.07) is 9.51. The maximum atomic E-state index is 12.3. The Morgan fingerprint density at radius 2 is 1.89 bits per heavy atom. The lowest BCUT2D eigenvalue weighted by molar-refractivity contribution is 0.0761. The molecule has 0 radical (unpaired) electrons. The molecule has 4 nitrogen and oxygen atoms in total. The number of hydrogen-bond acceptors (Lipinski definition) is 3. The highest BCUT2D eigenvalue weighted by Gasteiger charge is 2.19. The van der Waals surface area contributed by atoms with Crippen molar-refractivity contribution >= 4 is 5.91 Å². The zero-order valence-corrected chi connectivity index (χ0v) is 10.7. The summed E-state index contributed by atoms with van der Waals surface area (Å²) in [7, 11) is 0. The van der Waals surface area contributed by atoms with Gasteiger partial charge in [-0.05, 0) is 25.1 Å². The fourth-order valence-corrected chi connectivity index (χ4v) is 2.34. The zero-order chi connectivity index (χ0) is 12.8. The standard InChI is InChI=1S/C14H21N3O/c15-7-10-16-8-4-9-17(12-11-16)14(18)13-5-2-1-3-6-13/h1-3,5-6H,4,7-12,15H2. The van der Waals surface area contributed by atoms with Crippen LogP contribution in [0.1, 0.15) is 16.8 Å². The maximum absolute atomic E-state index is 12.3. The Kier molecular flexibility index (Phi) is 4.73. The summed E-state index contributed by atoms with van der Waals surface area (Å²) in [5, 5.41) is 0. The van der Waals surface area contributed by atoms with Crippen molar-refractivity contribution in [1.82, 2.24) is 9.80 Å². The molecule has 4 heteroatoms. The summed E-state index contributed by atoms with van der Waals surface area (Å²) < 4.78 is 0. The number of nitrogens with zero attached hydrogens (tertiary/aromatic N) is 2. The molecule has 2 rings (SSSR count). The summed E-state index contributed by atoms with van der Waals surface area (Å²) in [5.41, 5.74) is 6.36. The first-order valence-corrected chi connectivity index (χ1v) is 6.58. The van der Waals surface area contributed by atoms with Crippen LogP contribution in [0.2, 0.25) is 0 Å². The third-order valence-corrected chi connectivity index (χ3v) is 3.34. The molecule has 0 saturated carbocycles. The molecule has 1 aliphatic heterocycles. The molecule has 1 heterocycles. The number of carbonyl (C=O) groups excluding carboxylic acids is 1. The van der Waals surface area contributed by atoms with Gasteiger partial charge < -0.3 is 15.5 Å². The largest absolute Gasteiger partial charge is 0.337 e. The average Bonchev–Trinajstić information content (AvgIpc) is 2.65. The second-order valence-electron chi connectivity index (χ2n) is 4.64. The van der Waals surface area contributed by atoms with Crippen molar-refractivity contribution in [2.75, 3.05) is 39.3 Å². The maximum Gasteiger partial charge on any atom is 0.253 e. The van der Waals surface area contributed by atoms with Crippen LogP contribution in [0.3, 0.4) is 0 Å². The van der Waals surface area contributed by atoms with Crippen LogP contribution < -0.4 is 5.73 Å². The molecule has 98 valence electrons. The monoisotopic (exact) mass is 247 g/mol. The highest BCUT2D eigenvalue weighted by atomic mass is 16.2. The molecule has 1 fully saturated rings. The summed E-state index contributed by atoms with van der Waals surface area (Å²) in [4.78, 5) is 16.6. The van der Waals surface area contributed by atoms with Crippen LogP contribution in [0.5, 0.6) is 0 Å². The molecule has 1 aromatic carbocycles. The van der Waals surface area contributed by atoms with E-state index < -0.39 is 0 Å². The Balaban J connectivity index is 1.96. The normalized spacial score (nSPS) is 17.5. The molecule has 1 aliphatic rings. The van der Waals surface area contributed by atoms with Gasteiger partial charge in [0.05, 0.1) is 0 Å². The molecular weight excluding hydrogens is 226 g/mol. The first-order valence-electron chi connectivity index (χ1n) is 6.58. The van der Waals surface area contributed by atoms with E-state index in [1.165, 1.54) is 0 Å². The van der Waals surface area contributed by atoms with E-state index in [9.17, 15) is 4.79 Å². The SMILES string of the molecule is NCCN1CCCN(C(=O)c2ccccc2)CC1. The van der Waals surface area contributed by atoms with Crippen molar-refractivity contribution < 1.29 is 4.79 Å². The van der Waals surface area contributed by atoms with Gasteiger partial charge in [-0.25, -0.2) is 0 Å². The van der Waals surface area contributed by atoms with Gasteiger partial charge in [-0.2, -0.15) is 0 Å². The van der Waals surface area contributed by atoms with E-state index in [1.807, 2.05) is 35.2 Å². The van der Waals surface area contributed by atoms with E-state index in [1.54, 1.807) is 0 Å². The fourth-order valence-electron chi connectivity index (χ4n) is 2.34. The van der Waals surface area contributed by atoms with Gasteiger partial charge in [0.15, 0.2) is 0 Å². The fraction of sp³-hybridized carbons (Fsp3) is 0.500. The first kappa shape index (κ1) is 13.1. The zero-order valence-electron chi connectivity index (χ0n) is 10.7. The van der Waals surface area contributed by atoms with Gasteiger partial charge in [0.2, 0.25) is 0 Å². The minimum absolute atomic E-state index is 0.144. The molecule has 0 atom stereocenters. The van der Waals surface area contributed by atoms with Crippen molar-refractivity contribution in [3.63, 3.8) is 0 Å². The Morgan fingerprint density at radius 1 is 1.11 bits per heavy atom. The quantitative estimate of drug-likeness (QED) is 0.859. The van der Waals surface area contributed by atoms with Crippen LogP contribution in [0.15, 0.2) is 30.3 Å². The highest BCUT2D eigenvalue weighted by molar-refractivity contribution is 5.94. The first-order chi connectivity index (χ1) is 8.81. The molecule has 1 aromatic rings. The molecule has 0 aromatic heterocycles. The number of hydrogen-bond donors (Lipinski definition) is 1.